The van der Waals surface area contributed by atoms with E-state index in [1.807, 2.05) is 12.1 Å². The smallest absolute Gasteiger partial charge is 0.204 e. The van der Waals surface area contributed by atoms with Crippen LogP contribution < -0.4 is 0 Å². The molecule has 0 aliphatic rings. The van der Waals surface area contributed by atoms with Gasteiger partial charge >= 0.3 is 5.95 Å². The first kappa shape index (κ1) is 8.18. The molecule has 0 N–H and O–H groups in total. The van der Waals surface area contributed by atoms with Crippen molar-refractivity contribution in [3.8, 4) is 0 Å². The first-order valence-electron chi connectivity index (χ1n) is 3.43. The fraction of sp³-hybridized carbons (Fsp3) is 0. The number of benzene rings is 1. The zero-order valence-corrected chi connectivity index (χ0v) is 7.89. The number of hydrogen-bond acceptors (Lipinski definition) is 5. The Bertz CT molecular complexity index is 473. The molecule has 6 heteroatoms. The minimum absolute atomic E-state index is 0.153. The summed E-state index contributed by atoms with van der Waals surface area (Å²) < 4.78 is 0.768. The van der Waals surface area contributed by atoms with Crippen LogP contribution in [0.25, 0.3) is 11.0 Å². The molecule has 0 amide bonds. The van der Waals surface area contributed by atoms with Crippen LogP contribution in [0.5, 0.6) is 0 Å². The van der Waals surface area contributed by atoms with E-state index in [1.54, 1.807) is 6.07 Å². The summed E-state index contributed by atoms with van der Waals surface area (Å²) in [5, 5.41) is 9.89. The van der Waals surface area contributed by atoms with Gasteiger partial charge in [0.15, 0.2) is 0 Å². The Labute approximate surface area is 81.3 Å². The minimum Gasteiger partial charge on any atom is -0.204 e. The van der Waals surface area contributed by atoms with E-state index in [-0.39, 0.29) is 5.95 Å². The predicted molar refractivity (Wildman–Crippen MR) is 50.5 cm³/mol. The molecular weight excluding hydrogens is 236 g/mol. The summed E-state index contributed by atoms with van der Waals surface area (Å²) >= 11 is 3.29. The van der Waals surface area contributed by atoms with Crippen LogP contribution in [0, 0.1) is 4.91 Å². The Kier molecular flexibility index (Phi) is 1.97. The molecule has 2 aromatic rings. The SMILES string of the molecule is O=Nc1nnc2cccc(Br)c2n1. The number of rotatable bonds is 1. The van der Waals surface area contributed by atoms with Gasteiger partial charge in [-0.05, 0) is 28.1 Å². The molecule has 5 nitrogen and oxygen atoms in total. The number of para-hydroxylation sites is 1. The molecule has 0 aliphatic carbocycles. The molecule has 0 unspecified atom stereocenters. The number of fused-ring (bicyclic) bond motifs is 1. The summed E-state index contributed by atoms with van der Waals surface area (Å²) in [4.78, 5) is 14.0. The van der Waals surface area contributed by atoms with E-state index >= 15 is 0 Å². The molecule has 0 saturated carbocycles. The summed E-state index contributed by atoms with van der Waals surface area (Å²) in [5.41, 5.74) is 1.22. The Morgan fingerprint density at radius 2 is 2.15 bits per heavy atom. The van der Waals surface area contributed by atoms with Crippen molar-refractivity contribution in [1.82, 2.24) is 15.2 Å². The highest BCUT2D eigenvalue weighted by molar-refractivity contribution is 9.10. The highest BCUT2D eigenvalue weighted by atomic mass is 79.9. The van der Waals surface area contributed by atoms with Gasteiger partial charge in [-0.25, -0.2) is 4.98 Å². The zero-order valence-electron chi connectivity index (χ0n) is 6.31. The maximum absolute atomic E-state index is 10.1. The maximum Gasteiger partial charge on any atom is 0.310 e. The van der Waals surface area contributed by atoms with Crippen molar-refractivity contribution in [3.63, 3.8) is 0 Å². The second-order valence-corrected chi connectivity index (χ2v) is 3.16. The molecule has 0 saturated heterocycles. The fourth-order valence-corrected chi connectivity index (χ4v) is 1.40. The van der Waals surface area contributed by atoms with Crippen molar-refractivity contribution in [2.24, 2.45) is 5.18 Å². The average Bonchev–Trinajstić information content (AvgIpc) is 2.18. The normalized spacial score (nSPS) is 10.2. The third-order valence-corrected chi connectivity index (χ3v) is 2.15. The molecule has 2 rings (SSSR count). The molecule has 0 bridgehead atoms. The van der Waals surface area contributed by atoms with Gasteiger partial charge in [-0.1, -0.05) is 6.07 Å². The van der Waals surface area contributed by atoms with Crippen molar-refractivity contribution < 1.29 is 0 Å². The number of aromatic nitrogens is 3. The van der Waals surface area contributed by atoms with Crippen molar-refractivity contribution in [3.05, 3.63) is 27.6 Å². The van der Waals surface area contributed by atoms with Crippen molar-refractivity contribution >= 4 is 32.9 Å². The topological polar surface area (TPSA) is 68.1 Å². The van der Waals surface area contributed by atoms with Gasteiger partial charge in [0, 0.05) is 9.65 Å². The lowest BCUT2D eigenvalue weighted by molar-refractivity contribution is 1.01. The highest BCUT2D eigenvalue weighted by Crippen LogP contribution is 2.20. The van der Waals surface area contributed by atoms with Crippen molar-refractivity contribution in [2.45, 2.75) is 0 Å². The monoisotopic (exact) mass is 238 g/mol. The van der Waals surface area contributed by atoms with Crippen molar-refractivity contribution in [2.75, 3.05) is 0 Å². The van der Waals surface area contributed by atoms with E-state index in [9.17, 15) is 4.91 Å². The summed E-state index contributed by atoms with van der Waals surface area (Å²) in [6.07, 6.45) is 0. The number of halogens is 1. The first-order chi connectivity index (χ1) is 6.31. The summed E-state index contributed by atoms with van der Waals surface area (Å²) in [7, 11) is 0. The van der Waals surface area contributed by atoms with E-state index in [4.69, 9.17) is 0 Å². The van der Waals surface area contributed by atoms with Gasteiger partial charge in [0.1, 0.15) is 11.0 Å². The summed E-state index contributed by atoms with van der Waals surface area (Å²) in [6.45, 7) is 0. The van der Waals surface area contributed by atoms with Gasteiger partial charge in [-0.15, -0.1) is 15.1 Å². The molecule has 1 aromatic carbocycles. The van der Waals surface area contributed by atoms with Gasteiger partial charge in [0.05, 0.1) is 0 Å². The van der Waals surface area contributed by atoms with E-state index in [1.165, 1.54) is 0 Å². The van der Waals surface area contributed by atoms with Crippen LogP contribution in [0.3, 0.4) is 0 Å². The lowest BCUT2D eigenvalue weighted by atomic mass is 10.3. The lowest BCUT2D eigenvalue weighted by Crippen LogP contribution is -1.88. The van der Waals surface area contributed by atoms with Gasteiger partial charge in [-0.2, -0.15) is 0 Å². The third-order valence-electron chi connectivity index (χ3n) is 1.51. The van der Waals surface area contributed by atoms with E-state index in [2.05, 4.69) is 36.3 Å². The van der Waals surface area contributed by atoms with Crippen LogP contribution in [0.15, 0.2) is 27.8 Å². The average molecular weight is 239 g/mol. The molecular formula is C7H3BrN4O. The maximum atomic E-state index is 10.1. The minimum atomic E-state index is -0.153. The van der Waals surface area contributed by atoms with Crippen molar-refractivity contribution in [1.29, 1.82) is 0 Å². The van der Waals surface area contributed by atoms with Crippen LogP contribution >= 0.6 is 15.9 Å². The summed E-state index contributed by atoms with van der Waals surface area (Å²) in [6, 6.07) is 5.39. The van der Waals surface area contributed by atoms with Crippen LogP contribution in [-0.4, -0.2) is 15.2 Å². The molecule has 13 heavy (non-hydrogen) atoms. The summed E-state index contributed by atoms with van der Waals surface area (Å²) in [5.74, 6) is -0.153. The standard InChI is InChI=1S/C7H3BrN4O/c8-4-2-1-3-5-6(4)9-7(12-13)11-10-5/h1-3H. The van der Waals surface area contributed by atoms with Crippen LogP contribution in [0.4, 0.5) is 5.95 Å². The van der Waals surface area contributed by atoms with E-state index in [0.29, 0.717) is 11.0 Å². The molecule has 64 valence electrons. The predicted octanol–water partition coefficient (Wildman–Crippen LogP) is 2.19. The molecule has 0 aliphatic heterocycles. The number of nitroso groups, excluding NO2 is 1. The number of hydrogen-bond donors (Lipinski definition) is 0. The van der Waals surface area contributed by atoms with Crippen LogP contribution in [-0.2, 0) is 0 Å². The first-order valence-corrected chi connectivity index (χ1v) is 4.23. The molecule has 0 atom stereocenters. The molecule has 0 fully saturated rings. The Hall–Kier alpha value is -1.43. The number of nitrogens with zero attached hydrogens (tertiary/aromatic N) is 4. The molecule has 1 heterocycles. The van der Waals surface area contributed by atoms with Crippen LogP contribution in [0.2, 0.25) is 0 Å². The Morgan fingerprint density at radius 1 is 1.31 bits per heavy atom. The van der Waals surface area contributed by atoms with Gasteiger partial charge in [0.25, 0.3) is 0 Å². The van der Waals surface area contributed by atoms with Crippen LogP contribution in [0.1, 0.15) is 0 Å². The second-order valence-electron chi connectivity index (χ2n) is 2.31. The van der Waals surface area contributed by atoms with Gasteiger partial charge in [-0.3, -0.25) is 0 Å². The quantitative estimate of drug-likeness (QED) is 0.715. The fourth-order valence-electron chi connectivity index (χ4n) is 0.955. The third kappa shape index (κ3) is 1.40. The largest absolute Gasteiger partial charge is 0.310 e. The highest BCUT2D eigenvalue weighted by Gasteiger charge is 2.03. The van der Waals surface area contributed by atoms with Gasteiger partial charge < -0.3 is 0 Å². The van der Waals surface area contributed by atoms with E-state index < -0.39 is 0 Å². The second kappa shape index (κ2) is 3.14. The Balaban J connectivity index is 2.81. The van der Waals surface area contributed by atoms with Gasteiger partial charge in [0.2, 0.25) is 0 Å². The molecule has 0 spiro atoms. The Morgan fingerprint density at radius 3 is 2.92 bits per heavy atom. The molecule has 0 radical (unpaired) electrons. The van der Waals surface area contributed by atoms with E-state index in [0.717, 1.165) is 4.47 Å². The molecule has 1 aromatic heterocycles. The zero-order chi connectivity index (χ0) is 9.26. The lowest BCUT2D eigenvalue weighted by Gasteiger charge is -1.96.